The van der Waals surface area contributed by atoms with Crippen LogP contribution in [0.5, 0.6) is 0 Å². The Hall–Kier alpha value is -3.74. The van der Waals surface area contributed by atoms with Gasteiger partial charge in [0.25, 0.3) is 11.8 Å². The Morgan fingerprint density at radius 3 is 2.47 bits per heavy atom. The van der Waals surface area contributed by atoms with Crippen LogP contribution >= 0.6 is 23.8 Å². The van der Waals surface area contributed by atoms with Gasteiger partial charge in [-0.15, -0.1) is 0 Å². The number of amides is 2. The van der Waals surface area contributed by atoms with Gasteiger partial charge in [-0.05, 0) is 71.5 Å². The molecule has 0 bridgehead atoms. The van der Waals surface area contributed by atoms with E-state index < -0.39 is 11.8 Å². The third-order valence-electron chi connectivity index (χ3n) is 5.25. The number of fused-ring (bicyclic) bond motifs is 1. The second kappa shape index (κ2) is 8.07. The number of benzene rings is 3. The molecule has 1 aromatic heterocycles. The fourth-order valence-electron chi connectivity index (χ4n) is 3.73. The lowest BCUT2D eigenvalue weighted by atomic mass is 10.1. The van der Waals surface area contributed by atoms with E-state index in [0.29, 0.717) is 16.4 Å². The molecule has 0 spiro atoms. The van der Waals surface area contributed by atoms with Gasteiger partial charge in [-0.3, -0.25) is 19.8 Å². The molecule has 0 atom stereocenters. The second-order valence-electron chi connectivity index (χ2n) is 7.27. The van der Waals surface area contributed by atoms with Gasteiger partial charge in [-0.2, -0.15) is 0 Å². The molecule has 1 aliphatic heterocycles. The van der Waals surface area contributed by atoms with Gasteiger partial charge >= 0.3 is 0 Å². The molecule has 1 N–H and O–H groups in total. The number of rotatable bonds is 3. The van der Waals surface area contributed by atoms with Gasteiger partial charge < -0.3 is 4.57 Å². The summed E-state index contributed by atoms with van der Waals surface area (Å²) < 4.78 is 1.93. The standard InChI is InChI=1S/C25H16ClN3O2S/c26-18-7-3-8-21(14-18)29-24(31)22(23(30)27-25(29)32)15-19-9-4-12-28(19)20-11-10-16-5-1-2-6-17(16)13-20/h1-15H,(H,27,30,32)/b22-15+. The van der Waals surface area contributed by atoms with Crippen LogP contribution in [0.25, 0.3) is 22.5 Å². The Balaban J connectivity index is 1.56. The molecule has 32 heavy (non-hydrogen) atoms. The van der Waals surface area contributed by atoms with Crippen molar-refractivity contribution in [3.63, 3.8) is 0 Å². The summed E-state index contributed by atoms with van der Waals surface area (Å²) in [6.07, 6.45) is 3.47. The fourth-order valence-corrected chi connectivity index (χ4v) is 4.19. The number of hydrogen-bond donors (Lipinski definition) is 1. The summed E-state index contributed by atoms with van der Waals surface area (Å²) in [5.41, 5.74) is 2.09. The summed E-state index contributed by atoms with van der Waals surface area (Å²) in [6, 6.07) is 24.7. The Kier molecular flexibility index (Phi) is 5.09. The molecular formula is C25H16ClN3O2S. The van der Waals surface area contributed by atoms with Crippen LogP contribution in [0.3, 0.4) is 0 Å². The van der Waals surface area contributed by atoms with Crippen LogP contribution in [-0.2, 0) is 9.59 Å². The van der Waals surface area contributed by atoms with Crippen molar-refractivity contribution in [2.75, 3.05) is 4.90 Å². The molecule has 5 nitrogen and oxygen atoms in total. The molecule has 3 aromatic carbocycles. The lowest BCUT2D eigenvalue weighted by Crippen LogP contribution is -2.54. The van der Waals surface area contributed by atoms with Gasteiger partial charge in [-0.25, -0.2) is 0 Å². The van der Waals surface area contributed by atoms with E-state index in [1.54, 1.807) is 30.3 Å². The molecule has 7 heteroatoms. The fraction of sp³-hybridized carbons (Fsp3) is 0. The number of hydrogen-bond acceptors (Lipinski definition) is 3. The Labute approximate surface area is 194 Å². The minimum absolute atomic E-state index is 0.0145. The zero-order chi connectivity index (χ0) is 22.2. The van der Waals surface area contributed by atoms with Crippen molar-refractivity contribution in [1.82, 2.24) is 9.88 Å². The highest BCUT2D eigenvalue weighted by molar-refractivity contribution is 7.80. The molecule has 0 saturated carbocycles. The van der Waals surface area contributed by atoms with Crippen LogP contribution in [-0.4, -0.2) is 21.5 Å². The number of anilines is 1. The SMILES string of the molecule is O=C1NC(=S)N(c2cccc(Cl)c2)C(=O)/C1=C/c1cccn1-c1ccc2ccccc2c1. The second-order valence-corrected chi connectivity index (χ2v) is 8.10. The van der Waals surface area contributed by atoms with Crippen molar-refractivity contribution in [2.45, 2.75) is 0 Å². The average Bonchev–Trinajstić information content (AvgIpc) is 3.24. The maximum absolute atomic E-state index is 13.3. The van der Waals surface area contributed by atoms with Crippen LogP contribution in [0.15, 0.2) is 90.6 Å². The molecule has 0 radical (unpaired) electrons. The van der Waals surface area contributed by atoms with E-state index in [4.69, 9.17) is 23.8 Å². The van der Waals surface area contributed by atoms with Crippen LogP contribution in [0.4, 0.5) is 5.69 Å². The number of carbonyl (C=O) groups is 2. The summed E-state index contributed by atoms with van der Waals surface area (Å²) in [7, 11) is 0. The van der Waals surface area contributed by atoms with Gasteiger partial charge in [-0.1, -0.05) is 48.0 Å². The third-order valence-corrected chi connectivity index (χ3v) is 5.77. The number of aromatic nitrogens is 1. The summed E-state index contributed by atoms with van der Waals surface area (Å²) in [6.45, 7) is 0. The zero-order valence-electron chi connectivity index (χ0n) is 16.7. The molecule has 1 fully saturated rings. The highest BCUT2D eigenvalue weighted by Gasteiger charge is 2.34. The average molecular weight is 458 g/mol. The van der Waals surface area contributed by atoms with Gasteiger partial charge in [0.2, 0.25) is 0 Å². The summed E-state index contributed by atoms with van der Waals surface area (Å²) in [5, 5.41) is 5.32. The number of nitrogens with one attached hydrogen (secondary N) is 1. The van der Waals surface area contributed by atoms with Crippen LogP contribution in [0.1, 0.15) is 5.69 Å². The van der Waals surface area contributed by atoms with E-state index in [1.165, 1.54) is 4.90 Å². The molecule has 1 aliphatic rings. The van der Waals surface area contributed by atoms with E-state index in [1.807, 2.05) is 53.2 Å². The lowest BCUT2D eigenvalue weighted by Gasteiger charge is -2.29. The van der Waals surface area contributed by atoms with Crippen molar-refractivity contribution >= 4 is 63.3 Å². The molecule has 0 unspecified atom stereocenters. The quantitative estimate of drug-likeness (QED) is 0.264. The Morgan fingerprint density at radius 2 is 1.66 bits per heavy atom. The van der Waals surface area contributed by atoms with Gasteiger partial charge in [0.15, 0.2) is 5.11 Å². The Bertz CT molecular complexity index is 1440. The molecule has 4 aromatic rings. The van der Waals surface area contributed by atoms with Crippen molar-refractivity contribution in [2.24, 2.45) is 0 Å². The first-order valence-corrected chi connectivity index (χ1v) is 10.6. The third kappa shape index (κ3) is 3.60. The van der Waals surface area contributed by atoms with Crippen LogP contribution < -0.4 is 10.2 Å². The predicted octanol–water partition coefficient (Wildman–Crippen LogP) is 5.12. The highest BCUT2D eigenvalue weighted by atomic mass is 35.5. The van der Waals surface area contributed by atoms with Gasteiger partial charge in [0.05, 0.1) is 5.69 Å². The minimum Gasteiger partial charge on any atom is -0.317 e. The van der Waals surface area contributed by atoms with Gasteiger partial charge in [0, 0.05) is 22.6 Å². The predicted molar refractivity (Wildman–Crippen MR) is 131 cm³/mol. The number of thiocarbonyl (C=S) groups is 1. The van der Waals surface area contributed by atoms with Crippen molar-refractivity contribution in [1.29, 1.82) is 0 Å². The zero-order valence-corrected chi connectivity index (χ0v) is 18.2. The van der Waals surface area contributed by atoms with Crippen LogP contribution in [0, 0.1) is 0 Å². The topological polar surface area (TPSA) is 54.3 Å². The van der Waals surface area contributed by atoms with E-state index in [2.05, 4.69) is 17.4 Å². The monoisotopic (exact) mass is 457 g/mol. The maximum Gasteiger partial charge on any atom is 0.270 e. The molecule has 2 amide bonds. The van der Waals surface area contributed by atoms with E-state index in [9.17, 15) is 9.59 Å². The van der Waals surface area contributed by atoms with Crippen molar-refractivity contribution in [3.8, 4) is 5.69 Å². The number of nitrogens with zero attached hydrogens (tertiary/aromatic N) is 2. The van der Waals surface area contributed by atoms with E-state index >= 15 is 0 Å². The van der Waals surface area contributed by atoms with E-state index in [-0.39, 0.29) is 10.7 Å². The number of carbonyl (C=O) groups excluding carboxylic acids is 2. The largest absolute Gasteiger partial charge is 0.317 e. The first-order chi connectivity index (χ1) is 15.5. The van der Waals surface area contributed by atoms with Crippen molar-refractivity contribution in [3.05, 3.63) is 101 Å². The summed E-state index contributed by atoms with van der Waals surface area (Å²) in [4.78, 5) is 27.2. The maximum atomic E-state index is 13.3. The van der Waals surface area contributed by atoms with Crippen LogP contribution in [0.2, 0.25) is 5.02 Å². The number of halogens is 1. The lowest BCUT2D eigenvalue weighted by molar-refractivity contribution is -0.122. The smallest absolute Gasteiger partial charge is 0.270 e. The first kappa shape index (κ1) is 20.2. The minimum atomic E-state index is -0.537. The summed E-state index contributed by atoms with van der Waals surface area (Å²) >= 11 is 11.3. The summed E-state index contributed by atoms with van der Waals surface area (Å²) in [5.74, 6) is -1.04. The molecule has 5 rings (SSSR count). The molecule has 156 valence electrons. The van der Waals surface area contributed by atoms with Gasteiger partial charge in [0.1, 0.15) is 5.57 Å². The first-order valence-electron chi connectivity index (χ1n) is 9.85. The molecule has 2 heterocycles. The van der Waals surface area contributed by atoms with E-state index in [0.717, 1.165) is 16.5 Å². The normalized spacial score (nSPS) is 15.5. The molecular weight excluding hydrogens is 442 g/mol. The highest BCUT2D eigenvalue weighted by Crippen LogP contribution is 2.26. The Morgan fingerprint density at radius 1 is 0.844 bits per heavy atom. The van der Waals surface area contributed by atoms with Crippen molar-refractivity contribution < 1.29 is 9.59 Å². The molecule has 1 saturated heterocycles. The molecule has 0 aliphatic carbocycles.